The van der Waals surface area contributed by atoms with Gasteiger partial charge in [-0.2, -0.15) is 0 Å². The minimum Gasteiger partial charge on any atom is -0.373 e. The van der Waals surface area contributed by atoms with Crippen molar-refractivity contribution in [2.45, 2.75) is 0 Å². The van der Waals surface area contributed by atoms with E-state index in [1.54, 1.807) is 12.4 Å². The molecular formula is C9H8BrN3. The molecule has 0 aliphatic rings. The van der Waals surface area contributed by atoms with Crippen LogP contribution in [0.5, 0.6) is 0 Å². The first-order valence-electron chi connectivity index (χ1n) is 3.88. The van der Waals surface area contributed by atoms with Crippen LogP contribution in [0.2, 0.25) is 0 Å². The molecule has 0 saturated heterocycles. The first-order chi connectivity index (χ1) is 6.29. The smallest absolute Gasteiger partial charge is 0.127 e. The Morgan fingerprint density at radius 1 is 1.23 bits per heavy atom. The molecular weight excluding hydrogens is 230 g/mol. The number of anilines is 1. The van der Waals surface area contributed by atoms with Crippen molar-refractivity contribution in [2.24, 2.45) is 0 Å². The third-order valence-electron chi connectivity index (χ3n) is 1.79. The van der Waals surface area contributed by atoms with Crippen molar-refractivity contribution in [3.8, 4) is 0 Å². The topological polar surface area (TPSA) is 37.8 Å². The highest BCUT2D eigenvalue weighted by atomic mass is 79.9. The summed E-state index contributed by atoms with van der Waals surface area (Å²) >= 11 is 3.36. The fourth-order valence-corrected chi connectivity index (χ4v) is 1.48. The molecule has 66 valence electrons. The van der Waals surface area contributed by atoms with Gasteiger partial charge in [-0.25, -0.2) is 4.98 Å². The van der Waals surface area contributed by atoms with Gasteiger partial charge in [-0.05, 0) is 22.0 Å². The molecule has 0 aromatic carbocycles. The molecule has 0 bridgehead atoms. The van der Waals surface area contributed by atoms with Crippen molar-refractivity contribution in [1.82, 2.24) is 9.97 Å². The average Bonchev–Trinajstić information content (AvgIpc) is 2.17. The number of aromatic nitrogens is 2. The summed E-state index contributed by atoms with van der Waals surface area (Å²) in [7, 11) is 1.84. The SMILES string of the molecule is CNc1cc2ncc(Br)cc2cn1. The van der Waals surface area contributed by atoms with Crippen LogP contribution in [0, 0.1) is 0 Å². The molecule has 0 saturated carbocycles. The molecule has 0 spiro atoms. The summed E-state index contributed by atoms with van der Waals surface area (Å²) < 4.78 is 0.971. The summed E-state index contributed by atoms with van der Waals surface area (Å²) in [6, 6.07) is 3.91. The number of fused-ring (bicyclic) bond motifs is 1. The van der Waals surface area contributed by atoms with Gasteiger partial charge in [0.25, 0.3) is 0 Å². The molecule has 0 fully saturated rings. The standard InChI is InChI=1S/C9H8BrN3/c1-11-9-3-8-6(4-13-9)2-7(10)5-12-8/h2-5H,1H3,(H,11,13). The third kappa shape index (κ3) is 1.62. The molecule has 0 unspecified atom stereocenters. The van der Waals surface area contributed by atoms with Gasteiger partial charge in [0, 0.05) is 35.4 Å². The first kappa shape index (κ1) is 8.44. The normalized spacial score (nSPS) is 10.3. The van der Waals surface area contributed by atoms with Crippen molar-refractivity contribution in [2.75, 3.05) is 12.4 Å². The molecule has 3 nitrogen and oxygen atoms in total. The highest BCUT2D eigenvalue weighted by molar-refractivity contribution is 9.10. The lowest BCUT2D eigenvalue weighted by molar-refractivity contribution is 1.29. The van der Waals surface area contributed by atoms with E-state index in [2.05, 4.69) is 31.2 Å². The van der Waals surface area contributed by atoms with Gasteiger partial charge in [0.15, 0.2) is 0 Å². The Hall–Kier alpha value is -1.16. The predicted molar refractivity (Wildman–Crippen MR) is 56.8 cm³/mol. The van der Waals surface area contributed by atoms with E-state index in [0.29, 0.717) is 0 Å². The molecule has 2 rings (SSSR count). The van der Waals surface area contributed by atoms with Gasteiger partial charge in [-0.1, -0.05) is 0 Å². The molecule has 4 heteroatoms. The van der Waals surface area contributed by atoms with Crippen molar-refractivity contribution in [3.63, 3.8) is 0 Å². The maximum Gasteiger partial charge on any atom is 0.127 e. The number of halogens is 1. The highest BCUT2D eigenvalue weighted by Gasteiger charge is 1.97. The van der Waals surface area contributed by atoms with E-state index in [4.69, 9.17) is 0 Å². The van der Waals surface area contributed by atoms with Crippen LogP contribution in [-0.4, -0.2) is 17.0 Å². The van der Waals surface area contributed by atoms with E-state index in [1.165, 1.54) is 0 Å². The molecule has 2 aromatic heterocycles. The molecule has 0 atom stereocenters. The largest absolute Gasteiger partial charge is 0.373 e. The summed E-state index contributed by atoms with van der Waals surface area (Å²) in [6.45, 7) is 0. The molecule has 13 heavy (non-hydrogen) atoms. The second-order valence-electron chi connectivity index (χ2n) is 2.67. The summed E-state index contributed by atoms with van der Waals surface area (Å²) in [6.07, 6.45) is 3.58. The van der Waals surface area contributed by atoms with Crippen LogP contribution in [-0.2, 0) is 0 Å². The zero-order chi connectivity index (χ0) is 9.26. The average molecular weight is 238 g/mol. The fourth-order valence-electron chi connectivity index (χ4n) is 1.13. The maximum atomic E-state index is 4.26. The fraction of sp³-hybridized carbons (Fsp3) is 0.111. The Morgan fingerprint density at radius 2 is 2.08 bits per heavy atom. The molecule has 0 aliphatic heterocycles. The second kappa shape index (κ2) is 3.30. The van der Waals surface area contributed by atoms with E-state index in [-0.39, 0.29) is 0 Å². The van der Waals surface area contributed by atoms with Gasteiger partial charge in [0.2, 0.25) is 0 Å². The zero-order valence-electron chi connectivity index (χ0n) is 7.08. The van der Waals surface area contributed by atoms with Gasteiger partial charge in [0.05, 0.1) is 5.52 Å². The molecule has 0 radical (unpaired) electrons. The lowest BCUT2D eigenvalue weighted by Gasteiger charge is -2.00. The van der Waals surface area contributed by atoms with Gasteiger partial charge in [-0.15, -0.1) is 0 Å². The van der Waals surface area contributed by atoms with Gasteiger partial charge >= 0.3 is 0 Å². The third-order valence-corrected chi connectivity index (χ3v) is 2.22. The lowest BCUT2D eigenvalue weighted by atomic mass is 10.3. The quantitative estimate of drug-likeness (QED) is 0.829. The minimum absolute atomic E-state index is 0.835. The molecule has 0 aliphatic carbocycles. The van der Waals surface area contributed by atoms with E-state index in [0.717, 1.165) is 21.2 Å². The Labute approximate surface area is 84.3 Å². The van der Waals surface area contributed by atoms with E-state index < -0.39 is 0 Å². The monoisotopic (exact) mass is 237 g/mol. The van der Waals surface area contributed by atoms with Crippen LogP contribution in [0.25, 0.3) is 10.9 Å². The van der Waals surface area contributed by atoms with Crippen LogP contribution >= 0.6 is 15.9 Å². The van der Waals surface area contributed by atoms with Crippen molar-refractivity contribution in [3.05, 3.63) is 29.0 Å². The summed E-state index contributed by atoms with van der Waals surface area (Å²) in [5.74, 6) is 0.835. The zero-order valence-corrected chi connectivity index (χ0v) is 8.67. The number of rotatable bonds is 1. The maximum absolute atomic E-state index is 4.26. The Balaban J connectivity index is 2.66. The summed E-state index contributed by atoms with van der Waals surface area (Å²) in [4.78, 5) is 8.46. The first-order valence-corrected chi connectivity index (χ1v) is 4.68. The van der Waals surface area contributed by atoms with Crippen molar-refractivity contribution >= 4 is 32.7 Å². The van der Waals surface area contributed by atoms with Crippen molar-refractivity contribution < 1.29 is 0 Å². The summed E-state index contributed by atoms with van der Waals surface area (Å²) in [5, 5.41) is 4.01. The van der Waals surface area contributed by atoms with Gasteiger partial charge in [0.1, 0.15) is 5.82 Å². The molecule has 1 N–H and O–H groups in total. The Bertz CT molecular complexity index is 442. The minimum atomic E-state index is 0.835. The number of pyridine rings is 2. The lowest BCUT2D eigenvalue weighted by Crippen LogP contribution is -1.91. The second-order valence-corrected chi connectivity index (χ2v) is 3.58. The number of hydrogen-bond acceptors (Lipinski definition) is 3. The Morgan fingerprint density at radius 3 is 2.85 bits per heavy atom. The number of nitrogens with one attached hydrogen (secondary N) is 1. The molecule has 2 heterocycles. The Kier molecular flexibility index (Phi) is 2.14. The van der Waals surface area contributed by atoms with Gasteiger partial charge < -0.3 is 5.32 Å². The molecule has 0 amide bonds. The van der Waals surface area contributed by atoms with Crippen LogP contribution in [0.3, 0.4) is 0 Å². The van der Waals surface area contributed by atoms with Crippen LogP contribution in [0.15, 0.2) is 29.0 Å². The highest BCUT2D eigenvalue weighted by Crippen LogP contribution is 2.18. The summed E-state index contributed by atoms with van der Waals surface area (Å²) in [5.41, 5.74) is 0.947. The number of nitrogens with zero attached hydrogens (tertiary/aromatic N) is 2. The molecule has 2 aromatic rings. The van der Waals surface area contributed by atoms with E-state index in [1.807, 2.05) is 19.2 Å². The van der Waals surface area contributed by atoms with E-state index >= 15 is 0 Å². The number of hydrogen-bond donors (Lipinski definition) is 1. The van der Waals surface area contributed by atoms with Gasteiger partial charge in [-0.3, -0.25) is 4.98 Å². The van der Waals surface area contributed by atoms with Crippen LogP contribution in [0.1, 0.15) is 0 Å². The van der Waals surface area contributed by atoms with Crippen LogP contribution in [0.4, 0.5) is 5.82 Å². The van der Waals surface area contributed by atoms with E-state index in [9.17, 15) is 0 Å². The van der Waals surface area contributed by atoms with Crippen LogP contribution < -0.4 is 5.32 Å². The predicted octanol–water partition coefficient (Wildman–Crippen LogP) is 2.43. The van der Waals surface area contributed by atoms with Crippen molar-refractivity contribution in [1.29, 1.82) is 0 Å².